The average molecular weight is 253 g/mol. The Morgan fingerprint density at radius 3 is 2.65 bits per heavy atom. The number of hydrogen-bond acceptors (Lipinski definition) is 3. The first-order valence-electron chi connectivity index (χ1n) is 5.94. The van der Waals surface area contributed by atoms with E-state index in [1.807, 2.05) is 25.2 Å². The van der Waals surface area contributed by atoms with Crippen LogP contribution in [0.15, 0.2) is 23.1 Å². The number of benzene rings is 1. The second-order valence-corrected chi connectivity index (χ2v) is 7.16. The highest BCUT2D eigenvalue weighted by Gasteiger charge is 2.24. The minimum Gasteiger partial charge on any atom is -0.301 e. The van der Waals surface area contributed by atoms with Crippen molar-refractivity contribution in [1.29, 1.82) is 0 Å². The van der Waals surface area contributed by atoms with Gasteiger partial charge in [-0.2, -0.15) is 0 Å². The van der Waals surface area contributed by atoms with E-state index in [4.69, 9.17) is 0 Å². The molecule has 0 aromatic heterocycles. The van der Waals surface area contributed by atoms with Gasteiger partial charge < -0.3 is 4.90 Å². The zero-order valence-electron chi connectivity index (χ0n) is 10.6. The molecule has 0 radical (unpaired) electrons. The summed E-state index contributed by atoms with van der Waals surface area (Å²) in [7, 11) is -1.15. The van der Waals surface area contributed by atoms with E-state index >= 15 is 0 Å². The van der Waals surface area contributed by atoms with Crippen molar-refractivity contribution < 1.29 is 8.42 Å². The summed E-state index contributed by atoms with van der Waals surface area (Å²) in [6.07, 6.45) is 0. The molecule has 0 bridgehead atoms. The van der Waals surface area contributed by atoms with Crippen LogP contribution in [0, 0.1) is 0 Å². The minimum absolute atomic E-state index is 0.220. The molecule has 1 aliphatic rings. The molecule has 0 fully saturated rings. The quantitative estimate of drug-likeness (QED) is 0.768. The fraction of sp³-hybridized carbons (Fsp3) is 0.538. The zero-order chi connectivity index (χ0) is 12.6. The Balaban J connectivity index is 2.57. The van der Waals surface area contributed by atoms with Crippen LogP contribution in [-0.2, 0) is 16.4 Å². The van der Waals surface area contributed by atoms with E-state index in [0.717, 1.165) is 11.1 Å². The number of hydrogen-bond donors (Lipinski definition) is 0. The Kier molecular flexibility index (Phi) is 3.27. The second-order valence-electron chi connectivity index (χ2n) is 5.08. The first kappa shape index (κ1) is 12.6. The third kappa shape index (κ3) is 2.53. The lowest BCUT2D eigenvalue weighted by molar-refractivity contribution is 0.348. The van der Waals surface area contributed by atoms with Gasteiger partial charge in [0.15, 0.2) is 9.84 Å². The van der Waals surface area contributed by atoms with Crippen molar-refractivity contribution in [2.75, 3.05) is 19.3 Å². The lowest BCUT2D eigenvalue weighted by Crippen LogP contribution is -2.21. The van der Waals surface area contributed by atoms with Gasteiger partial charge in [0.2, 0.25) is 0 Å². The Bertz CT molecular complexity index is 520. The van der Waals surface area contributed by atoms with Gasteiger partial charge in [-0.3, -0.25) is 0 Å². The topological polar surface area (TPSA) is 37.4 Å². The summed E-state index contributed by atoms with van der Waals surface area (Å²) in [5.74, 6) is 0.578. The summed E-state index contributed by atoms with van der Waals surface area (Å²) in [6.45, 7) is 5.48. The molecule has 0 N–H and O–H groups in total. The van der Waals surface area contributed by atoms with Crippen LogP contribution in [0.2, 0.25) is 0 Å². The van der Waals surface area contributed by atoms with Crippen LogP contribution in [0.4, 0.5) is 0 Å². The predicted molar refractivity (Wildman–Crippen MR) is 68.9 cm³/mol. The van der Waals surface area contributed by atoms with E-state index in [0.29, 0.717) is 23.9 Å². The van der Waals surface area contributed by atoms with Gasteiger partial charge in [0, 0.05) is 13.1 Å². The van der Waals surface area contributed by atoms with Crippen LogP contribution in [0.1, 0.15) is 30.9 Å². The van der Waals surface area contributed by atoms with Crippen LogP contribution >= 0.6 is 0 Å². The number of rotatable bonds is 1. The number of nitrogens with zero attached hydrogens (tertiary/aromatic N) is 1. The smallest absolute Gasteiger partial charge is 0.179 e. The largest absolute Gasteiger partial charge is 0.301 e. The summed E-state index contributed by atoms with van der Waals surface area (Å²) in [5.41, 5.74) is 2.02. The van der Waals surface area contributed by atoms with Crippen LogP contribution < -0.4 is 0 Å². The highest BCUT2D eigenvalue weighted by Crippen LogP contribution is 2.26. The third-order valence-electron chi connectivity index (χ3n) is 3.27. The zero-order valence-corrected chi connectivity index (χ0v) is 11.4. The van der Waals surface area contributed by atoms with E-state index in [1.165, 1.54) is 0 Å². The van der Waals surface area contributed by atoms with Crippen molar-refractivity contribution in [3.8, 4) is 0 Å². The SMILES string of the molecule is CC(C)c1ccc2c(c1)S(=O)(=O)CCN(C)C2. The summed E-state index contributed by atoms with van der Waals surface area (Å²) in [6, 6.07) is 5.86. The Hall–Kier alpha value is -0.870. The summed E-state index contributed by atoms with van der Waals surface area (Å²) < 4.78 is 24.4. The monoisotopic (exact) mass is 253 g/mol. The first-order valence-corrected chi connectivity index (χ1v) is 7.59. The molecule has 1 heterocycles. The maximum absolute atomic E-state index is 12.2. The molecular weight excluding hydrogens is 234 g/mol. The van der Waals surface area contributed by atoms with Crippen molar-refractivity contribution in [3.63, 3.8) is 0 Å². The van der Waals surface area contributed by atoms with Gasteiger partial charge >= 0.3 is 0 Å². The molecule has 0 spiro atoms. The fourth-order valence-electron chi connectivity index (χ4n) is 2.11. The van der Waals surface area contributed by atoms with Gasteiger partial charge in [0.05, 0.1) is 10.6 Å². The van der Waals surface area contributed by atoms with Crippen molar-refractivity contribution >= 4 is 9.84 Å². The van der Waals surface area contributed by atoms with Crippen molar-refractivity contribution in [1.82, 2.24) is 4.90 Å². The maximum Gasteiger partial charge on any atom is 0.179 e. The summed E-state index contributed by atoms with van der Waals surface area (Å²) in [5, 5.41) is 0. The van der Waals surface area contributed by atoms with Crippen LogP contribution in [0.3, 0.4) is 0 Å². The number of fused-ring (bicyclic) bond motifs is 1. The molecule has 1 aliphatic heterocycles. The van der Waals surface area contributed by atoms with Gasteiger partial charge in [-0.15, -0.1) is 0 Å². The molecule has 2 rings (SSSR count). The van der Waals surface area contributed by atoms with E-state index in [1.54, 1.807) is 0 Å². The van der Waals surface area contributed by atoms with E-state index < -0.39 is 9.84 Å². The predicted octanol–water partition coefficient (Wildman–Crippen LogP) is 2.03. The molecule has 0 aliphatic carbocycles. The molecule has 4 heteroatoms. The lowest BCUT2D eigenvalue weighted by atomic mass is 10.0. The molecule has 0 amide bonds. The van der Waals surface area contributed by atoms with Crippen LogP contribution in [-0.4, -0.2) is 32.7 Å². The van der Waals surface area contributed by atoms with Crippen molar-refractivity contribution in [2.45, 2.75) is 31.2 Å². The first-order chi connectivity index (χ1) is 7.90. The molecule has 0 unspecified atom stereocenters. The van der Waals surface area contributed by atoms with Gasteiger partial charge in [-0.05, 0) is 30.2 Å². The average Bonchev–Trinajstić information content (AvgIpc) is 2.36. The van der Waals surface area contributed by atoms with Crippen molar-refractivity contribution in [3.05, 3.63) is 29.3 Å². The van der Waals surface area contributed by atoms with Gasteiger partial charge in [-0.25, -0.2) is 8.42 Å². The lowest BCUT2D eigenvalue weighted by Gasteiger charge is -2.13. The highest BCUT2D eigenvalue weighted by atomic mass is 32.2. The summed E-state index contributed by atoms with van der Waals surface area (Å²) in [4.78, 5) is 2.59. The molecule has 1 aromatic rings. The van der Waals surface area contributed by atoms with Crippen LogP contribution in [0.25, 0.3) is 0 Å². The second kappa shape index (κ2) is 4.42. The minimum atomic E-state index is -3.11. The summed E-state index contributed by atoms with van der Waals surface area (Å²) >= 11 is 0. The Labute approximate surface area is 103 Å². The van der Waals surface area contributed by atoms with Gasteiger partial charge in [-0.1, -0.05) is 26.0 Å². The van der Waals surface area contributed by atoms with Crippen molar-refractivity contribution in [2.24, 2.45) is 0 Å². The molecule has 0 atom stereocenters. The van der Waals surface area contributed by atoms with E-state index in [9.17, 15) is 8.42 Å². The third-order valence-corrected chi connectivity index (χ3v) is 5.05. The van der Waals surface area contributed by atoms with E-state index in [2.05, 4.69) is 18.7 Å². The molecular formula is C13H19NO2S. The maximum atomic E-state index is 12.2. The van der Waals surface area contributed by atoms with E-state index in [-0.39, 0.29) is 5.75 Å². The van der Waals surface area contributed by atoms with Gasteiger partial charge in [0.1, 0.15) is 0 Å². The normalized spacial score (nSPS) is 20.0. The van der Waals surface area contributed by atoms with Gasteiger partial charge in [0.25, 0.3) is 0 Å². The highest BCUT2D eigenvalue weighted by molar-refractivity contribution is 7.91. The molecule has 3 nitrogen and oxygen atoms in total. The van der Waals surface area contributed by atoms with Crippen LogP contribution in [0.5, 0.6) is 0 Å². The Morgan fingerprint density at radius 2 is 2.00 bits per heavy atom. The standard InChI is InChI=1S/C13H19NO2S/c1-10(2)11-4-5-12-9-14(3)6-7-17(15,16)13(12)8-11/h4-5,8,10H,6-7,9H2,1-3H3. The number of sulfone groups is 1. The molecule has 0 saturated heterocycles. The molecule has 0 saturated carbocycles. The Morgan fingerprint density at radius 1 is 1.29 bits per heavy atom. The molecule has 17 heavy (non-hydrogen) atoms. The molecule has 1 aromatic carbocycles. The molecule has 94 valence electrons. The fourth-order valence-corrected chi connectivity index (χ4v) is 3.73.